The summed E-state index contributed by atoms with van der Waals surface area (Å²) in [5, 5.41) is 3.75. The van der Waals surface area contributed by atoms with Crippen LogP contribution in [0.5, 0.6) is 11.5 Å². The van der Waals surface area contributed by atoms with Crippen LogP contribution in [0.15, 0.2) is 42.5 Å². The molecule has 3 aliphatic rings. The molecule has 2 aromatic rings. The van der Waals surface area contributed by atoms with Crippen molar-refractivity contribution in [3.63, 3.8) is 0 Å². The first-order valence-electron chi connectivity index (χ1n) is 10.9. The number of carbonyl (C=O) groups excluding carboxylic acids is 1. The Bertz CT molecular complexity index is 912. The summed E-state index contributed by atoms with van der Waals surface area (Å²) in [6.07, 6.45) is 4.84. The van der Waals surface area contributed by atoms with Crippen LogP contribution in [-0.4, -0.2) is 42.0 Å². The minimum Gasteiger partial charge on any atom is -0.453 e. The van der Waals surface area contributed by atoms with E-state index in [0.717, 1.165) is 35.7 Å². The summed E-state index contributed by atoms with van der Waals surface area (Å²) in [7, 11) is 0. The van der Waals surface area contributed by atoms with E-state index in [2.05, 4.69) is 28.4 Å². The van der Waals surface area contributed by atoms with E-state index in [4.69, 9.17) is 4.74 Å². The average molecular weight is 392 g/mol. The fourth-order valence-corrected chi connectivity index (χ4v) is 5.24. The number of nitrogens with zero attached hydrogens (tertiary/aromatic N) is 2. The first-order chi connectivity index (χ1) is 14.2. The van der Waals surface area contributed by atoms with Crippen LogP contribution >= 0.6 is 0 Å². The van der Waals surface area contributed by atoms with Crippen molar-refractivity contribution in [1.29, 1.82) is 0 Å². The van der Waals surface area contributed by atoms with Gasteiger partial charge in [-0.1, -0.05) is 12.1 Å². The minimum atomic E-state index is 0.0618. The van der Waals surface area contributed by atoms with Gasteiger partial charge in [-0.3, -0.25) is 4.79 Å². The largest absolute Gasteiger partial charge is 0.453 e. The molecule has 0 aromatic heterocycles. The molecular formula is C24H29N3O2. The lowest BCUT2D eigenvalue weighted by molar-refractivity contribution is 0.0772. The van der Waals surface area contributed by atoms with Gasteiger partial charge in [0.05, 0.1) is 11.4 Å². The third-order valence-corrected chi connectivity index (χ3v) is 6.67. The number of nitrogens with one attached hydrogen (secondary N) is 1. The SMILES string of the molecule is CCN(CC)C(=O)c1ccc2c(c1)Oc1ccccc1N2C1C[C@H]2CC[C@@H](C1)N2. The monoisotopic (exact) mass is 391 g/mol. The van der Waals surface area contributed by atoms with Gasteiger partial charge in [-0.25, -0.2) is 0 Å². The van der Waals surface area contributed by atoms with E-state index in [9.17, 15) is 4.79 Å². The molecule has 5 nitrogen and oxygen atoms in total. The number of rotatable bonds is 4. The Balaban J connectivity index is 1.54. The molecule has 152 valence electrons. The van der Waals surface area contributed by atoms with Crippen molar-refractivity contribution in [2.24, 2.45) is 0 Å². The molecule has 3 atom stereocenters. The van der Waals surface area contributed by atoms with Crippen LogP contribution in [-0.2, 0) is 0 Å². The first-order valence-corrected chi connectivity index (χ1v) is 10.9. The van der Waals surface area contributed by atoms with E-state index in [1.54, 1.807) is 0 Å². The van der Waals surface area contributed by atoms with Gasteiger partial charge >= 0.3 is 0 Å². The van der Waals surface area contributed by atoms with Gasteiger partial charge in [0.15, 0.2) is 11.5 Å². The summed E-state index contributed by atoms with van der Waals surface area (Å²) in [4.78, 5) is 17.2. The van der Waals surface area contributed by atoms with Gasteiger partial charge in [0.1, 0.15) is 0 Å². The molecule has 0 aliphatic carbocycles. The zero-order valence-electron chi connectivity index (χ0n) is 17.2. The predicted molar refractivity (Wildman–Crippen MR) is 115 cm³/mol. The zero-order chi connectivity index (χ0) is 20.0. The van der Waals surface area contributed by atoms with E-state index in [-0.39, 0.29) is 5.91 Å². The summed E-state index contributed by atoms with van der Waals surface area (Å²) >= 11 is 0. The predicted octanol–water partition coefficient (Wildman–Crippen LogP) is 4.70. The van der Waals surface area contributed by atoms with Crippen molar-refractivity contribution in [2.75, 3.05) is 18.0 Å². The summed E-state index contributed by atoms with van der Waals surface area (Å²) in [6, 6.07) is 15.9. The summed E-state index contributed by atoms with van der Waals surface area (Å²) in [5.74, 6) is 1.72. The van der Waals surface area contributed by atoms with Gasteiger partial charge in [-0.05, 0) is 69.9 Å². The maximum atomic E-state index is 12.9. The van der Waals surface area contributed by atoms with Crippen molar-refractivity contribution in [1.82, 2.24) is 10.2 Å². The number of hydrogen-bond acceptors (Lipinski definition) is 4. The second kappa shape index (κ2) is 7.38. The third kappa shape index (κ3) is 3.18. The zero-order valence-corrected chi connectivity index (χ0v) is 17.2. The van der Waals surface area contributed by atoms with Gasteiger partial charge in [0.25, 0.3) is 5.91 Å². The Morgan fingerprint density at radius 2 is 1.72 bits per heavy atom. The Morgan fingerprint density at radius 1 is 1.03 bits per heavy atom. The molecule has 5 rings (SSSR count). The van der Waals surface area contributed by atoms with Gasteiger partial charge in [-0.15, -0.1) is 0 Å². The minimum absolute atomic E-state index is 0.0618. The molecule has 0 spiro atoms. The van der Waals surface area contributed by atoms with Gasteiger partial charge in [-0.2, -0.15) is 0 Å². The average Bonchev–Trinajstić information content (AvgIpc) is 3.09. The van der Waals surface area contributed by atoms with E-state index in [0.29, 0.717) is 36.8 Å². The molecule has 29 heavy (non-hydrogen) atoms. The van der Waals surface area contributed by atoms with E-state index >= 15 is 0 Å². The second-order valence-electron chi connectivity index (χ2n) is 8.36. The lowest BCUT2D eigenvalue weighted by Crippen LogP contribution is -2.47. The molecule has 5 heteroatoms. The van der Waals surface area contributed by atoms with Crippen molar-refractivity contribution >= 4 is 17.3 Å². The fourth-order valence-electron chi connectivity index (χ4n) is 5.24. The maximum absolute atomic E-state index is 12.9. The molecule has 1 N–H and O–H groups in total. The normalized spacial score (nSPS) is 24.5. The number of anilines is 2. The van der Waals surface area contributed by atoms with Crippen molar-refractivity contribution in [2.45, 2.75) is 57.7 Å². The summed E-state index contributed by atoms with van der Waals surface area (Å²) in [5.41, 5.74) is 2.90. The maximum Gasteiger partial charge on any atom is 0.253 e. The Labute approximate surface area is 172 Å². The summed E-state index contributed by atoms with van der Waals surface area (Å²) in [6.45, 7) is 5.44. The van der Waals surface area contributed by atoms with Crippen LogP contribution in [0.25, 0.3) is 0 Å². The third-order valence-electron chi connectivity index (χ3n) is 6.67. The number of piperidine rings is 1. The first kappa shape index (κ1) is 18.5. The number of fused-ring (bicyclic) bond motifs is 4. The Morgan fingerprint density at radius 3 is 2.45 bits per heavy atom. The molecule has 2 aromatic carbocycles. The Hall–Kier alpha value is -2.53. The standard InChI is InChI=1S/C24H29N3O2/c1-3-26(4-2)24(28)16-9-12-21-23(13-16)29-22-8-6-5-7-20(22)27(21)19-14-17-10-11-18(15-19)25-17/h5-9,12-13,17-19,25H,3-4,10-11,14-15H2,1-2H3/t17-,18+,19?. The number of benzene rings is 2. The molecule has 1 amide bonds. The van der Waals surface area contributed by atoms with E-state index in [1.165, 1.54) is 12.8 Å². The number of hydrogen-bond donors (Lipinski definition) is 1. The van der Waals surface area contributed by atoms with Crippen molar-refractivity contribution in [3.8, 4) is 11.5 Å². The molecule has 0 radical (unpaired) electrons. The number of carbonyl (C=O) groups is 1. The topological polar surface area (TPSA) is 44.8 Å². The molecule has 2 bridgehead atoms. The highest BCUT2D eigenvalue weighted by molar-refractivity contribution is 5.96. The molecular weight excluding hydrogens is 362 g/mol. The van der Waals surface area contributed by atoms with Crippen LogP contribution in [0, 0.1) is 0 Å². The summed E-state index contributed by atoms with van der Waals surface area (Å²) < 4.78 is 6.28. The van der Waals surface area contributed by atoms with Crippen molar-refractivity contribution in [3.05, 3.63) is 48.0 Å². The van der Waals surface area contributed by atoms with Gasteiger partial charge in [0.2, 0.25) is 0 Å². The van der Waals surface area contributed by atoms with Crippen LogP contribution < -0.4 is 15.0 Å². The van der Waals surface area contributed by atoms with Crippen molar-refractivity contribution < 1.29 is 9.53 Å². The van der Waals surface area contributed by atoms with Gasteiger partial charge < -0.3 is 19.9 Å². The second-order valence-corrected chi connectivity index (χ2v) is 8.36. The highest BCUT2D eigenvalue weighted by Crippen LogP contribution is 2.50. The quantitative estimate of drug-likeness (QED) is 0.821. The Kier molecular flexibility index (Phi) is 4.70. The molecule has 3 aliphatic heterocycles. The lowest BCUT2D eigenvalue weighted by Gasteiger charge is -2.42. The smallest absolute Gasteiger partial charge is 0.253 e. The van der Waals surface area contributed by atoms with Crippen LogP contribution in [0.2, 0.25) is 0 Å². The highest BCUT2D eigenvalue weighted by Gasteiger charge is 2.39. The fraction of sp³-hybridized carbons (Fsp3) is 0.458. The van der Waals surface area contributed by atoms with Crippen LogP contribution in [0.1, 0.15) is 49.9 Å². The molecule has 2 fully saturated rings. The molecule has 0 saturated carbocycles. The van der Waals surface area contributed by atoms with E-state index < -0.39 is 0 Å². The molecule has 2 saturated heterocycles. The number of para-hydroxylation sites is 2. The van der Waals surface area contributed by atoms with E-state index in [1.807, 2.05) is 43.0 Å². The van der Waals surface area contributed by atoms with Crippen LogP contribution in [0.3, 0.4) is 0 Å². The van der Waals surface area contributed by atoms with Gasteiger partial charge in [0, 0.05) is 36.8 Å². The number of amides is 1. The van der Waals surface area contributed by atoms with Crippen LogP contribution in [0.4, 0.5) is 11.4 Å². The molecule has 1 unspecified atom stereocenters. The number of ether oxygens (including phenoxy) is 1. The molecule has 3 heterocycles. The lowest BCUT2D eigenvalue weighted by atomic mass is 9.95. The highest BCUT2D eigenvalue weighted by atomic mass is 16.5.